The summed E-state index contributed by atoms with van der Waals surface area (Å²) in [5.41, 5.74) is 0.897. The van der Waals surface area contributed by atoms with Crippen molar-refractivity contribution in [3.8, 4) is 0 Å². The summed E-state index contributed by atoms with van der Waals surface area (Å²) in [5, 5.41) is 8.51. The molecule has 1 aromatic rings. The molecule has 0 fully saturated rings. The lowest BCUT2D eigenvalue weighted by molar-refractivity contribution is -0.136. The molecule has 0 saturated heterocycles. The minimum absolute atomic E-state index is 0.342. The maximum atomic E-state index is 10.8. The summed E-state index contributed by atoms with van der Waals surface area (Å²) >= 11 is 4.69. The Kier molecular flexibility index (Phi) is 5.11. The Balaban J connectivity index is 2.52. The van der Waals surface area contributed by atoms with Gasteiger partial charge in [-0.1, -0.05) is 13.0 Å². The van der Waals surface area contributed by atoms with Crippen molar-refractivity contribution in [2.24, 2.45) is 0 Å². The fourth-order valence-corrected chi connectivity index (χ4v) is 2.37. The summed E-state index contributed by atoms with van der Waals surface area (Å²) in [5.74, 6) is -0.123. The highest BCUT2D eigenvalue weighted by molar-refractivity contribution is 9.10. The van der Waals surface area contributed by atoms with E-state index in [1.54, 1.807) is 0 Å². The predicted molar refractivity (Wildman–Crippen MR) is 64.9 cm³/mol. The number of rotatable bonds is 5. The van der Waals surface area contributed by atoms with Crippen LogP contribution < -0.4 is 0 Å². The van der Waals surface area contributed by atoms with Gasteiger partial charge in [0.15, 0.2) is 0 Å². The highest BCUT2D eigenvalue weighted by Gasteiger charge is 2.15. The highest BCUT2D eigenvalue weighted by atomic mass is 79.9. The number of carbonyl (C=O) groups is 1. The van der Waals surface area contributed by atoms with Crippen LogP contribution in [0.5, 0.6) is 0 Å². The average Bonchev–Trinajstić information content (AvgIpc) is 2.18. The van der Waals surface area contributed by atoms with E-state index in [-0.39, 0.29) is 5.25 Å². The molecule has 5 heteroatoms. The van der Waals surface area contributed by atoms with Crippen LogP contribution in [0.3, 0.4) is 0 Å². The summed E-state index contributed by atoms with van der Waals surface area (Å²) in [6.45, 7) is 1.88. The first-order valence-electron chi connectivity index (χ1n) is 4.59. The minimum atomic E-state index is -0.752. The Hall–Kier alpha value is -0.550. The van der Waals surface area contributed by atoms with Crippen molar-refractivity contribution in [1.82, 2.24) is 4.98 Å². The standard InChI is InChI=1S/C10H12BrNO2S/c1-2-8(10(13)14)15-6-7-4-3-5-9(11)12-7/h3-5,8H,2,6H2,1H3,(H,13,14). The van der Waals surface area contributed by atoms with Gasteiger partial charge in [-0.05, 0) is 34.5 Å². The molecule has 0 aliphatic rings. The predicted octanol–water partition coefficient (Wildman–Crippen LogP) is 2.94. The molecular weight excluding hydrogens is 278 g/mol. The van der Waals surface area contributed by atoms with E-state index < -0.39 is 5.97 Å². The lowest BCUT2D eigenvalue weighted by Gasteiger charge is -2.08. The molecule has 1 unspecified atom stereocenters. The average molecular weight is 290 g/mol. The first-order valence-corrected chi connectivity index (χ1v) is 6.43. The summed E-state index contributed by atoms with van der Waals surface area (Å²) in [6.07, 6.45) is 0.633. The normalized spacial score (nSPS) is 12.4. The van der Waals surface area contributed by atoms with Crippen LogP contribution >= 0.6 is 27.7 Å². The van der Waals surface area contributed by atoms with Crippen LogP contribution in [0, 0.1) is 0 Å². The number of aliphatic carboxylic acids is 1. The molecular formula is C10H12BrNO2S. The lowest BCUT2D eigenvalue weighted by atomic mass is 10.3. The topological polar surface area (TPSA) is 50.2 Å². The van der Waals surface area contributed by atoms with Crippen molar-refractivity contribution < 1.29 is 9.90 Å². The molecule has 15 heavy (non-hydrogen) atoms. The Morgan fingerprint density at radius 2 is 2.40 bits per heavy atom. The van der Waals surface area contributed by atoms with Gasteiger partial charge in [-0.2, -0.15) is 0 Å². The van der Waals surface area contributed by atoms with Gasteiger partial charge in [0.1, 0.15) is 9.85 Å². The molecule has 1 aromatic heterocycles. The quantitative estimate of drug-likeness (QED) is 0.847. The second-order valence-corrected chi connectivity index (χ2v) is 5.00. The smallest absolute Gasteiger partial charge is 0.316 e. The summed E-state index contributed by atoms with van der Waals surface area (Å²) in [6, 6.07) is 5.64. The van der Waals surface area contributed by atoms with Crippen LogP contribution in [0.1, 0.15) is 19.0 Å². The van der Waals surface area contributed by atoms with Crippen LogP contribution in [0.4, 0.5) is 0 Å². The zero-order valence-corrected chi connectivity index (χ0v) is 10.7. The van der Waals surface area contributed by atoms with Crippen molar-refractivity contribution in [3.63, 3.8) is 0 Å². The van der Waals surface area contributed by atoms with E-state index in [2.05, 4.69) is 20.9 Å². The van der Waals surface area contributed by atoms with Crippen LogP contribution in [0.2, 0.25) is 0 Å². The minimum Gasteiger partial charge on any atom is -0.480 e. The molecule has 0 aliphatic carbocycles. The number of nitrogens with zero attached hydrogens (tertiary/aromatic N) is 1. The van der Waals surface area contributed by atoms with Gasteiger partial charge in [0, 0.05) is 5.75 Å². The van der Waals surface area contributed by atoms with Crippen molar-refractivity contribution in [2.75, 3.05) is 0 Å². The molecule has 1 N–H and O–H groups in total. The van der Waals surface area contributed by atoms with Gasteiger partial charge in [-0.25, -0.2) is 4.98 Å². The molecule has 0 saturated carbocycles. The second kappa shape index (κ2) is 6.12. The van der Waals surface area contributed by atoms with Crippen molar-refractivity contribution in [1.29, 1.82) is 0 Å². The zero-order chi connectivity index (χ0) is 11.3. The SMILES string of the molecule is CCC(SCc1cccc(Br)n1)C(=O)O. The van der Waals surface area contributed by atoms with Gasteiger partial charge < -0.3 is 5.11 Å². The Labute approximate surface area is 101 Å². The van der Waals surface area contributed by atoms with E-state index in [1.807, 2.05) is 25.1 Å². The first kappa shape index (κ1) is 12.5. The van der Waals surface area contributed by atoms with E-state index >= 15 is 0 Å². The monoisotopic (exact) mass is 289 g/mol. The third-order valence-electron chi connectivity index (χ3n) is 1.85. The van der Waals surface area contributed by atoms with Gasteiger partial charge in [0.05, 0.1) is 5.69 Å². The molecule has 0 amide bonds. The number of aromatic nitrogens is 1. The zero-order valence-electron chi connectivity index (χ0n) is 8.31. The maximum Gasteiger partial charge on any atom is 0.316 e. The molecule has 3 nitrogen and oxygen atoms in total. The van der Waals surface area contributed by atoms with Crippen molar-refractivity contribution >= 4 is 33.7 Å². The Morgan fingerprint density at radius 3 is 2.93 bits per heavy atom. The first-order chi connectivity index (χ1) is 7.13. The van der Waals surface area contributed by atoms with Gasteiger partial charge in [0.2, 0.25) is 0 Å². The number of halogens is 1. The van der Waals surface area contributed by atoms with Crippen LogP contribution in [0.15, 0.2) is 22.8 Å². The molecule has 0 radical (unpaired) electrons. The number of pyridine rings is 1. The molecule has 0 aromatic carbocycles. The maximum absolute atomic E-state index is 10.8. The van der Waals surface area contributed by atoms with Gasteiger partial charge >= 0.3 is 5.97 Å². The number of carboxylic acid groups (broad SMARTS) is 1. The van der Waals surface area contributed by atoms with Gasteiger partial charge in [-0.3, -0.25) is 4.79 Å². The Bertz CT molecular complexity index is 346. The second-order valence-electron chi connectivity index (χ2n) is 3.00. The molecule has 82 valence electrons. The number of hydrogen-bond donors (Lipinski definition) is 1. The van der Waals surface area contributed by atoms with Crippen molar-refractivity contribution in [3.05, 3.63) is 28.5 Å². The Morgan fingerprint density at radius 1 is 1.67 bits per heavy atom. The fourth-order valence-electron chi connectivity index (χ4n) is 1.08. The van der Waals surface area contributed by atoms with Gasteiger partial charge in [-0.15, -0.1) is 11.8 Å². The third kappa shape index (κ3) is 4.22. The highest BCUT2D eigenvalue weighted by Crippen LogP contribution is 2.20. The van der Waals surface area contributed by atoms with Crippen LogP contribution in [-0.2, 0) is 10.5 Å². The number of thioether (sulfide) groups is 1. The molecule has 1 heterocycles. The van der Waals surface area contributed by atoms with Gasteiger partial charge in [0.25, 0.3) is 0 Å². The molecule has 0 aliphatic heterocycles. The molecule has 1 atom stereocenters. The largest absolute Gasteiger partial charge is 0.480 e. The fraction of sp³-hybridized carbons (Fsp3) is 0.400. The molecule has 0 spiro atoms. The third-order valence-corrected chi connectivity index (χ3v) is 3.69. The summed E-state index contributed by atoms with van der Waals surface area (Å²) in [4.78, 5) is 15.0. The lowest BCUT2D eigenvalue weighted by Crippen LogP contribution is -2.15. The van der Waals surface area contributed by atoms with E-state index in [1.165, 1.54) is 11.8 Å². The van der Waals surface area contributed by atoms with E-state index in [0.717, 1.165) is 10.3 Å². The van der Waals surface area contributed by atoms with Crippen LogP contribution in [-0.4, -0.2) is 21.3 Å². The molecule has 0 bridgehead atoms. The number of carboxylic acids is 1. The summed E-state index contributed by atoms with van der Waals surface area (Å²) < 4.78 is 0.781. The number of hydrogen-bond acceptors (Lipinski definition) is 3. The van der Waals surface area contributed by atoms with Crippen molar-refractivity contribution in [2.45, 2.75) is 24.3 Å². The van der Waals surface area contributed by atoms with Crippen LogP contribution in [0.25, 0.3) is 0 Å². The van der Waals surface area contributed by atoms with E-state index in [0.29, 0.717) is 12.2 Å². The van der Waals surface area contributed by atoms with E-state index in [9.17, 15) is 4.79 Å². The molecule has 1 rings (SSSR count). The summed E-state index contributed by atoms with van der Waals surface area (Å²) in [7, 11) is 0. The van der Waals surface area contributed by atoms with E-state index in [4.69, 9.17) is 5.11 Å².